The van der Waals surface area contributed by atoms with E-state index in [1.807, 2.05) is 11.3 Å². The SMILES string of the molecule is C1=CC2=C(CC1)C(C1C=CC(c3ccc(-c4ccc(-c5ccc6ccccc6c5)cc4)s3)=CC1)=CCC2. The van der Waals surface area contributed by atoms with Gasteiger partial charge in [0.05, 0.1) is 0 Å². The van der Waals surface area contributed by atoms with E-state index < -0.39 is 0 Å². The van der Waals surface area contributed by atoms with Crippen LogP contribution in [0.2, 0.25) is 0 Å². The third-order valence-corrected chi connectivity index (χ3v) is 9.22. The lowest BCUT2D eigenvalue weighted by atomic mass is 9.77. The van der Waals surface area contributed by atoms with Crippen molar-refractivity contribution in [3.05, 3.63) is 137 Å². The summed E-state index contributed by atoms with van der Waals surface area (Å²) in [5.41, 5.74) is 10.00. The fourth-order valence-electron chi connectivity index (χ4n) is 6.04. The molecule has 0 radical (unpaired) electrons. The Morgan fingerprint density at radius 2 is 1.46 bits per heavy atom. The van der Waals surface area contributed by atoms with Crippen LogP contribution >= 0.6 is 11.3 Å². The molecule has 180 valence electrons. The van der Waals surface area contributed by atoms with Crippen molar-refractivity contribution in [3.8, 4) is 21.6 Å². The van der Waals surface area contributed by atoms with Crippen LogP contribution in [0.25, 0.3) is 37.9 Å². The highest BCUT2D eigenvalue weighted by atomic mass is 32.1. The highest BCUT2D eigenvalue weighted by Gasteiger charge is 2.23. The van der Waals surface area contributed by atoms with E-state index in [4.69, 9.17) is 0 Å². The Morgan fingerprint density at radius 1 is 0.649 bits per heavy atom. The Hall–Kier alpha value is -3.68. The van der Waals surface area contributed by atoms with Gasteiger partial charge in [0.1, 0.15) is 0 Å². The van der Waals surface area contributed by atoms with Crippen LogP contribution in [0, 0.1) is 5.92 Å². The zero-order valence-electron chi connectivity index (χ0n) is 21.0. The Labute approximate surface area is 223 Å². The predicted octanol–water partition coefficient (Wildman–Crippen LogP) is 10.6. The van der Waals surface area contributed by atoms with E-state index in [9.17, 15) is 0 Å². The van der Waals surface area contributed by atoms with Crippen LogP contribution in [-0.4, -0.2) is 0 Å². The molecule has 1 unspecified atom stereocenters. The van der Waals surface area contributed by atoms with Crippen LogP contribution in [0.1, 0.15) is 37.0 Å². The molecule has 1 aromatic heterocycles. The summed E-state index contributed by atoms with van der Waals surface area (Å²) < 4.78 is 0. The predicted molar refractivity (Wildman–Crippen MR) is 161 cm³/mol. The van der Waals surface area contributed by atoms with Crippen LogP contribution in [0.5, 0.6) is 0 Å². The van der Waals surface area contributed by atoms with Crippen molar-refractivity contribution in [1.82, 2.24) is 0 Å². The molecule has 0 spiro atoms. The van der Waals surface area contributed by atoms with Crippen LogP contribution in [-0.2, 0) is 0 Å². The molecular weight excluding hydrogens is 464 g/mol. The monoisotopic (exact) mass is 494 g/mol. The van der Waals surface area contributed by atoms with Crippen molar-refractivity contribution in [2.24, 2.45) is 5.92 Å². The Balaban J connectivity index is 1.07. The van der Waals surface area contributed by atoms with Crippen LogP contribution < -0.4 is 0 Å². The van der Waals surface area contributed by atoms with E-state index >= 15 is 0 Å². The number of allylic oxidation sites excluding steroid dienone is 10. The van der Waals surface area contributed by atoms with E-state index in [0.717, 1.165) is 6.42 Å². The van der Waals surface area contributed by atoms with E-state index in [1.165, 1.54) is 68.5 Å². The van der Waals surface area contributed by atoms with Crippen LogP contribution in [0.15, 0.2) is 132 Å². The zero-order valence-corrected chi connectivity index (χ0v) is 21.8. The van der Waals surface area contributed by atoms with Crippen molar-refractivity contribution >= 4 is 27.7 Å². The molecule has 37 heavy (non-hydrogen) atoms. The fraction of sp³-hybridized carbons (Fsp3) is 0.167. The van der Waals surface area contributed by atoms with Crippen molar-refractivity contribution in [2.45, 2.75) is 32.1 Å². The van der Waals surface area contributed by atoms with Gasteiger partial charge in [0.15, 0.2) is 0 Å². The molecule has 0 fully saturated rings. The maximum Gasteiger partial charge on any atom is 0.0349 e. The minimum absolute atomic E-state index is 0.530. The summed E-state index contributed by atoms with van der Waals surface area (Å²) in [5.74, 6) is 0.530. The number of hydrogen-bond acceptors (Lipinski definition) is 1. The summed E-state index contributed by atoms with van der Waals surface area (Å²) in [6.07, 6.45) is 20.4. The molecule has 0 saturated carbocycles. The van der Waals surface area contributed by atoms with E-state index in [-0.39, 0.29) is 0 Å². The summed E-state index contributed by atoms with van der Waals surface area (Å²) in [6, 6.07) is 28.9. The van der Waals surface area contributed by atoms with Crippen molar-refractivity contribution < 1.29 is 0 Å². The molecule has 3 aliphatic carbocycles. The molecule has 3 aliphatic rings. The zero-order chi connectivity index (χ0) is 24.6. The second-order valence-electron chi connectivity index (χ2n) is 10.3. The first-order valence-electron chi connectivity index (χ1n) is 13.5. The molecule has 1 heterocycles. The average molecular weight is 495 g/mol. The van der Waals surface area contributed by atoms with Gasteiger partial charge in [0.25, 0.3) is 0 Å². The largest absolute Gasteiger partial charge is 0.135 e. The van der Waals surface area contributed by atoms with Crippen LogP contribution in [0.3, 0.4) is 0 Å². The molecule has 0 nitrogen and oxygen atoms in total. The lowest BCUT2D eigenvalue weighted by Gasteiger charge is -2.28. The minimum atomic E-state index is 0.530. The summed E-state index contributed by atoms with van der Waals surface area (Å²) in [7, 11) is 0. The van der Waals surface area contributed by atoms with Gasteiger partial charge < -0.3 is 0 Å². The molecule has 7 rings (SSSR count). The number of fused-ring (bicyclic) bond motifs is 1. The molecule has 0 N–H and O–H groups in total. The highest BCUT2D eigenvalue weighted by Crippen LogP contribution is 2.41. The molecule has 1 atom stereocenters. The van der Waals surface area contributed by atoms with Gasteiger partial charge in [-0.15, -0.1) is 11.3 Å². The molecule has 4 aromatic rings. The summed E-state index contributed by atoms with van der Waals surface area (Å²) >= 11 is 1.90. The van der Waals surface area contributed by atoms with E-state index in [1.54, 1.807) is 16.7 Å². The van der Waals surface area contributed by atoms with Gasteiger partial charge in [-0.1, -0.05) is 97.1 Å². The first kappa shape index (κ1) is 22.5. The maximum absolute atomic E-state index is 2.51. The number of rotatable bonds is 4. The second kappa shape index (κ2) is 9.65. The molecule has 3 aromatic carbocycles. The molecule has 1 heteroatoms. The fourth-order valence-corrected chi connectivity index (χ4v) is 7.07. The van der Waals surface area contributed by atoms with Crippen molar-refractivity contribution in [3.63, 3.8) is 0 Å². The van der Waals surface area contributed by atoms with Gasteiger partial charge in [-0.05, 0) is 100 Å². The van der Waals surface area contributed by atoms with E-state index in [2.05, 4.69) is 115 Å². The average Bonchev–Trinajstić information content (AvgIpc) is 3.47. The Bertz CT molecular complexity index is 1630. The number of benzene rings is 3. The van der Waals surface area contributed by atoms with E-state index in [0.29, 0.717) is 5.92 Å². The maximum atomic E-state index is 2.51. The van der Waals surface area contributed by atoms with Gasteiger partial charge in [-0.3, -0.25) is 0 Å². The quantitative estimate of drug-likeness (QED) is 0.265. The van der Waals surface area contributed by atoms with Crippen molar-refractivity contribution in [2.75, 3.05) is 0 Å². The standard InChI is InChI=1S/C36H30S/c1-2-8-31-24-32(21-14-25(31)6-1)26-12-17-29(18-13-26)35-22-23-36(37-35)30-19-15-28(16-20-30)34-11-5-9-27-7-3-4-10-33(27)34/h1-3,6-8,11-15,17-24,28H,4-5,9-10,16H2. The molecule has 0 saturated heterocycles. The topological polar surface area (TPSA) is 0 Å². The third-order valence-electron chi connectivity index (χ3n) is 8.04. The summed E-state index contributed by atoms with van der Waals surface area (Å²) in [6.45, 7) is 0. The summed E-state index contributed by atoms with van der Waals surface area (Å²) in [4.78, 5) is 2.69. The molecule has 0 bridgehead atoms. The van der Waals surface area contributed by atoms with Crippen LogP contribution in [0.4, 0.5) is 0 Å². The highest BCUT2D eigenvalue weighted by molar-refractivity contribution is 7.16. The smallest absolute Gasteiger partial charge is 0.0349 e. The number of thiophene rings is 1. The van der Waals surface area contributed by atoms with Gasteiger partial charge in [0, 0.05) is 15.7 Å². The van der Waals surface area contributed by atoms with Crippen molar-refractivity contribution in [1.29, 1.82) is 0 Å². The molecule has 0 aliphatic heterocycles. The normalized spacial score (nSPS) is 19.1. The minimum Gasteiger partial charge on any atom is -0.135 e. The molecular formula is C36H30S. The lowest BCUT2D eigenvalue weighted by molar-refractivity contribution is 0.726. The Kier molecular flexibility index (Phi) is 5.87. The van der Waals surface area contributed by atoms with Gasteiger partial charge in [-0.25, -0.2) is 0 Å². The van der Waals surface area contributed by atoms with Gasteiger partial charge in [0.2, 0.25) is 0 Å². The second-order valence-corrected chi connectivity index (χ2v) is 11.4. The van der Waals surface area contributed by atoms with Gasteiger partial charge >= 0.3 is 0 Å². The lowest BCUT2D eigenvalue weighted by Crippen LogP contribution is -2.11. The summed E-state index contributed by atoms with van der Waals surface area (Å²) in [5, 5.41) is 2.57. The Morgan fingerprint density at radius 3 is 2.32 bits per heavy atom. The third kappa shape index (κ3) is 4.38. The van der Waals surface area contributed by atoms with Gasteiger partial charge in [-0.2, -0.15) is 0 Å². The number of hydrogen-bond donors (Lipinski definition) is 0. The first-order chi connectivity index (χ1) is 18.3. The first-order valence-corrected chi connectivity index (χ1v) is 14.3. The molecule has 0 amide bonds.